The van der Waals surface area contributed by atoms with Crippen molar-refractivity contribution in [2.24, 2.45) is 0 Å². The molecule has 2 aliphatic heterocycles. The van der Waals surface area contributed by atoms with E-state index in [-0.39, 0.29) is 5.57 Å². The number of carbonyl (C=O) groups is 2. The average Bonchev–Trinajstić information content (AvgIpc) is 3.39. The van der Waals surface area contributed by atoms with Gasteiger partial charge in [0.15, 0.2) is 11.5 Å². The van der Waals surface area contributed by atoms with Crippen molar-refractivity contribution in [1.82, 2.24) is 9.80 Å². The van der Waals surface area contributed by atoms with Gasteiger partial charge in [-0.15, -0.1) is 0 Å². The minimum absolute atomic E-state index is 0.0529. The number of allylic oxidation sites excluding steroid dienone is 1. The van der Waals surface area contributed by atoms with Crippen LogP contribution in [0.25, 0.3) is 6.08 Å². The first-order valence-electron chi connectivity index (χ1n) is 10.1. The molecular weight excluding hydrogens is 420 g/mol. The third kappa shape index (κ3) is 4.74. The first kappa shape index (κ1) is 21.4. The van der Waals surface area contributed by atoms with E-state index in [1.54, 1.807) is 41.3 Å². The van der Waals surface area contributed by atoms with Crippen LogP contribution < -0.4 is 0 Å². The van der Waals surface area contributed by atoms with Crippen molar-refractivity contribution in [2.45, 2.75) is 6.04 Å². The molecule has 2 aliphatic rings. The monoisotopic (exact) mass is 442 g/mol. The predicted octanol–water partition coefficient (Wildman–Crippen LogP) is 3.24. The van der Waals surface area contributed by atoms with Gasteiger partial charge in [-0.2, -0.15) is 0 Å². The topological polar surface area (TPSA) is 83.2 Å². The second-order valence-electron chi connectivity index (χ2n) is 7.38. The van der Waals surface area contributed by atoms with Crippen LogP contribution in [0.2, 0.25) is 5.02 Å². The molecule has 31 heavy (non-hydrogen) atoms. The molecule has 1 aromatic carbocycles. The Morgan fingerprint density at radius 2 is 1.90 bits per heavy atom. The molecular formula is C23H23ClN2O5. The summed E-state index contributed by atoms with van der Waals surface area (Å²) in [6.07, 6.45) is 4.33. The number of nitrogens with zero attached hydrogens (tertiary/aromatic N) is 2. The number of aliphatic hydroxyl groups is 1. The van der Waals surface area contributed by atoms with Crippen molar-refractivity contribution in [3.8, 4) is 0 Å². The van der Waals surface area contributed by atoms with Crippen molar-refractivity contribution in [3.63, 3.8) is 0 Å². The van der Waals surface area contributed by atoms with Crippen molar-refractivity contribution < 1.29 is 23.8 Å². The Morgan fingerprint density at radius 3 is 2.58 bits per heavy atom. The molecule has 1 unspecified atom stereocenters. The smallest absolute Gasteiger partial charge is 0.290 e. The van der Waals surface area contributed by atoms with E-state index in [1.165, 1.54) is 18.4 Å². The van der Waals surface area contributed by atoms with Gasteiger partial charge >= 0.3 is 0 Å². The third-order valence-electron chi connectivity index (χ3n) is 5.46. The van der Waals surface area contributed by atoms with Crippen LogP contribution in [0, 0.1) is 0 Å². The number of halogens is 1. The molecule has 1 amide bonds. The van der Waals surface area contributed by atoms with E-state index in [9.17, 15) is 14.7 Å². The minimum atomic E-state index is -0.695. The fourth-order valence-electron chi connectivity index (χ4n) is 3.84. The fraction of sp³-hybridized carbons (Fsp3) is 0.304. The fourth-order valence-corrected chi connectivity index (χ4v) is 3.96. The molecule has 8 heteroatoms. The van der Waals surface area contributed by atoms with Crippen LogP contribution in [0.4, 0.5) is 0 Å². The summed E-state index contributed by atoms with van der Waals surface area (Å²) in [6.45, 7) is 3.86. The van der Waals surface area contributed by atoms with Gasteiger partial charge in [0.25, 0.3) is 5.91 Å². The van der Waals surface area contributed by atoms with Gasteiger partial charge in [-0.1, -0.05) is 23.7 Å². The van der Waals surface area contributed by atoms with Crippen molar-refractivity contribution in [1.29, 1.82) is 0 Å². The molecule has 0 bridgehead atoms. The van der Waals surface area contributed by atoms with E-state index in [2.05, 4.69) is 4.90 Å². The number of morpholine rings is 1. The maximum Gasteiger partial charge on any atom is 0.290 e. The Labute approximate surface area is 185 Å². The van der Waals surface area contributed by atoms with Gasteiger partial charge in [0.1, 0.15) is 5.76 Å². The molecule has 7 nitrogen and oxygen atoms in total. The van der Waals surface area contributed by atoms with Gasteiger partial charge in [0.2, 0.25) is 0 Å². The van der Waals surface area contributed by atoms with Crippen LogP contribution in [0.15, 0.2) is 64.5 Å². The van der Waals surface area contributed by atoms with E-state index >= 15 is 0 Å². The standard InChI is InChI=1S/C23H23ClN2O5/c24-17-5-3-16(4-6-17)21-20(19(27)8-7-18-2-1-13-31-18)22(28)23(29)26(21)10-9-25-11-14-30-15-12-25/h1-8,13,21,28H,9-12,14-15H2/b8-7+. The molecule has 0 spiro atoms. The summed E-state index contributed by atoms with van der Waals surface area (Å²) in [5.74, 6) is -1.01. The van der Waals surface area contributed by atoms with Gasteiger partial charge in [-0.3, -0.25) is 14.5 Å². The predicted molar refractivity (Wildman–Crippen MR) is 116 cm³/mol. The van der Waals surface area contributed by atoms with Gasteiger partial charge in [-0.05, 0) is 42.0 Å². The minimum Gasteiger partial charge on any atom is -0.503 e. The lowest BCUT2D eigenvalue weighted by Crippen LogP contribution is -2.43. The highest BCUT2D eigenvalue weighted by molar-refractivity contribution is 6.30. The average molecular weight is 443 g/mol. The Hall–Kier alpha value is -2.87. The van der Waals surface area contributed by atoms with Crippen LogP contribution in [-0.2, 0) is 14.3 Å². The molecule has 1 saturated heterocycles. The highest BCUT2D eigenvalue weighted by Gasteiger charge is 2.42. The molecule has 2 aromatic rings. The number of rotatable bonds is 7. The molecule has 1 N–H and O–H groups in total. The Morgan fingerprint density at radius 1 is 1.16 bits per heavy atom. The number of ether oxygens (including phenoxy) is 1. The summed E-state index contributed by atoms with van der Waals surface area (Å²) >= 11 is 6.03. The molecule has 3 heterocycles. The third-order valence-corrected chi connectivity index (χ3v) is 5.71. The van der Waals surface area contributed by atoms with Crippen molar-refractivity contribution in [3.05, 3.63) is 76.4 Å². The molecule has 1 fully saturated rings. The van der Waals surface area contributed by atoms with E-state index in [1.807, 2.05) is 0 Å². The second-order valence-corrected chi connectivity index (χ2v) is 7.82. The van der Waals surface area contributed by atoms with E-state index in [0.717, 1.165) is 13.1 Å². The second kappa shape index (κ2) is 9.51. The lowest BCUT2D eigenvalue weighted by Gasteiger charge is -2.31. The summed E-state index contributed by atoms with van der Waals surface area (Å²) in [7, 11) is 0. The largest absolute Gasteiger partial charge is 0.503 e. The first-order valence-corrected chi connectivity index (χ1v) is 10.5. The molecule has 0 aliphatic carbocycles. The maximum atomic E-state index is 13.0. The van der Waals surface area contributed by atoms with Crippen molar-refractivity contribution >= 4 is 29.4 Å². The summed E-state index contributed by atoms with van der Waals surface area (Å²) in [5, 5.41) is 11.2. The summed E-state index contributed by atoms with van der Waals surface area (Å²) in [6, 6.07) is 9.68. The van der Waals surface area contributed by atoms with Crippen LogP contribution in [0.1, 0.15) is 17.4 Å². The van der Waals surface area contributed by atoms with Crippen LogP contribution in [0.3, 0.4) is 0 Å². The molecule has 1 atom stereocenters. The summed E-state index contributed by atoms with van der Waals surface area (Å²) in [4.78, 5) is 29.7. The number of hydrogen-bond acceptors (Lipinski definition) is 6. The van der Waals surface area contributed by atoms with Crippen LogP contribution >= 0.6 is 11.6 Å². The van der Waals surface area contributed by atoms with Crippen molar-refractivity contribution in [2.75, 3.05) is 39.4 Å². The maximum absolute atomic E-state index is 13.0. The van der Waals surface area contributed by atoms with E-state index in [4.69, 9.17) is 20.8 Å². The Balaban J connectivity index is 1.61. The van der Waals surface area contributed by atoms with E-state index in [0.29, 0.717) is 42.6 Å². The highest BCUT2D eigenvalue weighted by Crippen LogP contribution is 2.38. The molecule has 4 rings (SSSR count). The van der Waals surface area contributed by atoms with Crippen LogP contribution in [0.5, 0.6) is 0 Å². The Kier molecular flexibility index (Phi) is 6.56. The number of aliphatic hydroxyl groups excluding tert-OH is 1. The zero-order chi connectivity index (χ0) is 21.8. The SMILES string of the molecule is O=C(/C=C/c1ccco1)C1=C(O)C(=O)N(CCN2CCOCC2)C1c1ccc(Cl)cc1. The zero-order valence-electron chi connectivity index (χ0n) is 16.9. The van der Waals surface area contributed by atoms with Gasteiger partial charge in [0, 0.05) is 31.2 Å². The molecule has 0 saturated carbocycles. The summed E-state index contributed by atoms with van der Waals surface area (Å²) < 4.78 is 10.6. The number of benzene rings is 1. The Bertz CT molecular complexity index is 991. The number of ketones is 1. The number of amides is 1. The van der Waals surface area contributed by atoms with Crippen LogP contribution in [-0.4, -0.2) is 66.0 Å². The van der Waals surface area contributed by atoms with Gasteiger partial charge < -0.3 is 19.2 Å². The molecule has 0 radical (unpaired) electrons. The molecule has 1 aromatic heterocycles. The lowest BCUT2D eigenvalue weighted by atomic mass is 9.96. The highest BCUT2D eigenvalue weighted by atomic mass is 35.5. The number of hydrogen-bond donors (Lipinski definition) is 1. The summed E-state index contributed by atoms with van der Waals surface area (Å²) in [5.41, 5.74) is 0.760. The van der Waals surface area contributed by atoms with E-state index < -0.39 is 23.5 Å². The number of carbonyl (C=O) groups excluding carboxylic acids is 2. The zero-order valence-corrected chi connectivity index (χ0v) is 17.6. The normalized spacial score (nSPS) is 20.2. The first-order chi connectivity index (χ1) is 15.0. The van der Waals surface area contributed by atoms with Gasteiger partial charge in [-0.25, -0.2) is 0 Å². The van der Waals surface area contributed by atoms with Gasteiger partial charge in [0.05, 0.1) is 31.1 Å². The lowest BCUT2D eigenvalue weighted by molar-refractivity contribution is -0.129. The quantitative estimate of drug-likeness (QED) is 0.663. The molecule has 162 valence electrons. The number of furan rings is 1.